The topological polar surface area (TPSA) is 149 Å². The Hall–Kier alpha value is -4.20. The number of benzene rings is 1. The minimum absolute atomic E-state index is 0.0878. The Morgan fingerprint density at radius 3 is 2.49 bits per heavy atom. The summed E-state index contributed by atoms with van der Waals surface area (Å²) >= 11 is 0. The highest BCUT2D eigenvalue weighted by atomic mass is 19.2. The van der Waals surface area contributed by atoms with Crippen LogP contribution in [0.3, 0.4) is 0 Å². The van der Waals surface area contributed by atoms with Crippen LogP contribution in [0.4, 0.5) is 30.6 Å². The van der Waals surface area contributed by atoms with Gasteiger partial charge in [-0.15, -0.1) is 5.10 Å². The van der Waals surface area contributed by atoms with Gasteiger partial charge < -0.3 is 29.6 Å². The molecule has 0 spiro atoms. The normalized spacial score (nSPS) is 16.8. The second kappa shape index (κ2) is 13.2. The molecule has 0 bridgehead atoms. The summed E-state index contributed by atoms with van der Waals surface area (Å²) in [6.45, 7) is 0.513. The molecule has 1 saturated carbocycles. The van der Waals surface area contributed by atoms with E-state index in [1.165, 1.54) is 6.20 Å². The quantitative estimate of drug-likeness (QED) is 0.290. The predicted octanol–water partition coefficient (Wildman–Crippen LogP) is 4.16. The highest BCUT2D eigenvalue weighted by Crippen LogP contribution is 2.27. The van der Waals surface area contributed by atoms with Crippen LogP contribution in [0.25, 0.3) is 0 Å². The van der Waals surface area contributed by atoms with Crippen molar-refractivity contribution in [1.82, 2.24) is 15.2 Å². The van der Waals surface area contributed by atoms with Crippen LogP contribution in [0.2, 0.25) is 0 Å². The number of carbonyl (C=O) groups excluding carboxylic acids is 1. The summed E-state index contributed by atoms with van der Waals surface area (Å²) in [6.07, 6.45) is 5.44. The molecule has 1 aromatic carbocycles. The molecule has 1 amide bonds. The number of anilines is 3. The van der Waals surface area contributed by atoms with Crippen LogP contribution in [-0.4, -0.2) is 52.5 Å². The van der Waals surface area contributed by atoms with Crippen molar-refractivity contribution in [2.45, 2.75) is 31.8 Å². The van der Waals surface area contributed by atoms with Crippen molar-refractivity contribution >= 4 is 29.8 Å². The van der Waals surface area contributed by atoms with E-state index >= 15 is 0 Å². The van der Waals surface area contributed by atoms with Gasteiger partial charge in [-0.3, -0.25) is 9.59 Å². The fourth-order valence-corrected chi connectivity index (χ4v) is 3.63. The number of hydrogen-bond donors (Lipinski definition) is 3. The summed E-state index contributed by atoms with van der Waals surface area (Å²) in [6, 6.07) is 3.84. The minimum atomic E-state index is -1.34. The van der Waals surface area contributed by atoms with Crippen molar-refractivity contribution in [1.29, 1.82) is 0 Å². The molecular formula is C23H24F3N5O6. The number of halogens is 3. The number of carboxylic acid groups (broad SMARTS) is 1. The molecule has 0 saturated heterocycles. The maximum absolute atomic E-state index is 13.7. The minimum Gasteiger partial charge on any atom is -0.483 e. The van der Waals surface area contributed by atoms with Crippen LogP contribution in [0.1, 0.15) is 36.4 Å². The Balaban J connectivity index is 0.00000121. The zero-order valence-electron chi connectivity index (χ0n) is 19.6. The van der Waals surface area contributed by atoms with Gasteiger partial charge in [-0.25, -0.2) is 18.2 Å². The van der Waals surface area contributed by atoms with Crippen LogP contribution in [0.15, 0.2) is 34.9 Å². The van der Waals surface area contributed by atoms with Crippen molar-refractivity contribution in [3.05, 3.63) is 53.8 Å². The first-order valence-corrected chi connectivity index (χ1v) is 11.1. The second-order valence-electron chi connectivity index (χ2n) is 7.94. The summed E-state index contributed by atoms with van der Waals surface area (Å²) in [4.78, 5) is 24.9. The van der Waals surface area contributed by atoms with E-state index < -0.39 is 34.9 Å². The molecule has 37 heavy (non-hydrogen) atoms. The molecule has 3 aromatic rings. The number of ether oxygens (including phenoxy) is 2. The largest absolute Gasteiger partial charge is 0.483 e. The average molecular weight is 523 g/mol. The molecule has 11 nitrogen and oxygen atoms in total. The number of carbonyl (C=O) groups is 2. The third-order valence-electron chi connectivity index (χ3n) is 5.35. The molecule has 3 N–H and O–H groups in total. The Kier molecular flexibility index (Phi) is 9.77. The molecule has 1 fully saturated rings. The van der Waals surface area contributed by atoms with Crippen LogP contribution >= 0.6 is 0 Å². The van der Waals surface area contributed by atoms with Gasteiger partial charge in [0.1, 0.15) is 11.9 Å². The van der Waals surface area contributed by atoms with Gasteiger partial charge in [0.05, 0.1) is 17.6 Å². The van der Waals surface area contributed by atoms with Crippen molar-refractivity contribution in [3.8, 4) is 5.88 Å². The molecule has 198 valence electrons. The number of methoxy groups -OCH3 is 1. The average Bonchev–Trinajstić information content (AvgIpc) is 3.34. The van der Waals surface area contributed by atoms with Gasteiger partial charge in [0.2, 0.25) is 5.88 Å². The number of hydrogen-bond acceptors (Lipinski definition) is 9. The first-order chi connectivity index (χ1) is 17.8. The lowest BCUT2D eigenvalue weighted by Crippen LogP contribution is -2.26. The van der Waals surface area contributed by atoms with Crippen molar-refractivity contribution in [2.24, 2.45) is 5.92 Å². The van der Waals surface area contributed by atoms with Crippen LogP contribution in [-0.2, 0) is 9.53 Å². The van der Waals surface area contributed by atoms with E-state index in [4.69, 9.17) is 23.8 Å². The lowest BCUT2D eigenvalue weighted by Gasteiger charge is -2.28. The number of nitrogens with zero attached hydrogens (tertiary/aromatic N) is 3. The van der Waals surface area contributed by atoms with Gasteiger partial charge in [0, 0.05) is 31.9 Å². The summed E-state index contributed by atoms with van der Waals surface area (Å²) in [5.41, 5.74) is -0.0676. The molecule has 1 aliphatic rings. The van der Waals surface area contributed by atoms with Gasteiger partial charge in [0.15, 0.2) is 11.6 Å². The summed E-state index contributed by atoms with van der Waals surface area (Å²) in [5.74, 6) is -3.83. The van der Waals surface area contributed by atoms with E-state index in [-0.39, 0.29) is 18.6 Å². The third kappa shape index (κ3) is 7.90. The van der Waals surface area contributed by atoms with Gasteiger partial charge in [0.25, 0.3) is 6.47 Å². The highest BCUT2D eigenvalue weighted by Gasteiger charge is 2.23. The molecule has 0 atom stereocenters. The molecule has 4 rings (SSSR count). The standard InChI is InChI=1S/C22H22F3N5O4.CH2O2/c1-32-11-12-2-5-14(6-3-12)33-19-7-4-13(10-26-19)27-20(31)21-29-30-22(34-21)28-18-9-16(24)15(23)8-17(18)25;2-1-3/h4,7-10,12,14H,2-3,5-6,11H2,1H3,(H,27,31)(H,28,30);1H,(H,2,3). The summed E-state index contributed by atoms with van der Waals surface area (Å²) in [5, 5.41) is 18.8. The monoisotopic (exact) mass is 523 g/mol. The first kappa shape index (κ1) is 27.4. The summed E-state index contributed by atoms with van der Waals surface area (Å²) in [7, 11) is 1.71. The Labute approximate surface area is 209 Å². The van der Waals surface area contributed by atoms with Crippen molar-refractivity contribution < 1.29 is 41.8 Å². The Bertz CT molecular complexity index is 1190. The van der Waals surface area contributed by atoms with E-state index in [0.717, 1.165) is 32.3 Å². The van der Waals surface area contributed by atoms with Gasteiger partial charge in [-0.2, -0.15) is 0 Å². The molecule has 0 unspecified atom stereocenters. The van der Waals surface area contributed by atoms with E-state index in [2.05, 4.69) is 25.8 Å². The number of nitrogens with one attached hydrogen (secondary N) is 2. The third-order valence-corrected chi connectivity index (χ3v) is 5.35. The predicted molar refractivity (Wildman–Crippen MR) is 123 cm³/mol. The fourth-order valence-electron chi connectivity index (χ4n) is 3.63. The molecular weight excluding hydrogens is 499 g/mol. The van der Waals surface area contributed by atoms with E-state index in [1.807, 2.05) is 0 Å². The zero-order chi connectivity index (χ0) is 26.8. The van der Waals surface area contributed by atoms with E-state index in [0.29, 0.717) is 29.6 Å². The SMILES string of the molecule is COCC1CCC(Oc2ccc(NC(=O)c3nnc(Nc4cc(F)c(F)cc4F)o3)cn2)CC1.O=CO. The molecule has 1 aliphatic carbocycles. The first-order valence-electron chi connectivity index (χ1n) is 11.1. The lowest BCUT2D eigenvalue weighted by molar-refractivity contribution is -0.122. The molecule has 2 heterocycles. The molecule has 2 aromatic heterocycles. The molecule has 0 radical (unpaired) electrons. The number of amides is 1. The van der Waals surface area contributed by atoms with Crippen LogP contribution < -0.4 is 15.4 Å². The van der Waals surface area contributed by atoms with Crippen molar-refractivity contribution in [3.63, 3.8) is 0 Å². The highest BCUT2D eigenvalue weighted by molar-refractivity contribution is 6.00. The van der Waals surface area contributed by atoms with Gasteiger partial charge >= 0.3 is 17.8 Å². The fraction of sp³-hybridized carbons (Fsp3) is 0.348. The van der Waals surface area contributed by atoms with Crippen molar-refractivity contribution in [2.75, 3.05) is 24.4 Å². The lowest BCUT2D eigenvalue weighted by atomic mass is 9.88. The van der Waals surface area contributed by atoms with E-state index in [1.54, 1.807) is 19.2 Å². The van der Waals surface area contributed by atoms with E-state index in [9.17, 15) is 18.0 Å². The number of aromatic nitrogens is 3. The Morgan fingerprint density at radius 2 is 1.84 bits per heavy atom. The zero-order valence-corrected chi connectivity index (χ0v) is 19.6. The second-order valence-corrected chi connectivity index (χ2v) is 7.94. The maximum atomic E-state index is 13.7. The number of rotatable bonds is 8. The van der Waals surface area contributed by atoms with Crippen LogP contribution in [0.5, 0.6) is 5.88 Å². The van der Waals surface area contributed by atoms with Gasteiger partial charge in [-0.1, -0.05) is 5.10 Å². The summed E-state index contributed by atoms with van der Waals surface area (Å²) < 4.78 is 56.3. The van der Waals surface area contributed by atoms with Crippen LogP contribution in [0, 0.1) is 23.4 Å². The smallest absolute Gasteiger partial charge is 0.320 e. The molecule has 0 aliphatic heterocycles. The Morgan fingerprint density at radius 1 is 1.14 bits per heavy atom. The number of pyridine rings is 1. The maximum Gasteiger partial charge on any atom is 0.320 e. The van der Waals surface area contributed by atoms with Gasteiger partial charge in [-0.05, 0) is 37.7 Å². The molecule has 14 heteroatoms.